The van der Waals surface area contributed by atoms with Crippen LogP contribution in [-0.4, -0.2) is 64.0 Å². The third-order valence-corrected chi connectivity index (χ3v) is 5.67. The lowest BCUT2D eigenvalue weighted by Crippen LogP contribution is -2.60. The van der Waals surface area contributed by atoms with Gasteiger partial charge in [-0.25, -0.2) is 4.79 Å². The number of carboxylic acid groups (broad SMARTS) is 2. The molecule has 0 aliphatic heterocycles. The Morgan fingerprint density at radius 3 is 1.89 bits per heavy atom. The molecule has 35 heavy (non-hydrogen) atoms. The Balaban J connectivity index is 2.98. The Kier molecular flexibility index (Phi) is 11.9. The quantitative estimate of drug-likeness (QED) is 0.213. The van der Waals surface area contributed by atoms with Gasteiger partial charge in [0.05, 0.1) is 12.5 Å². The minimum Gasteiger partial charge on any atom is -0.481 e. The highest BCUT2D eigenvalue weighted by Crippen LogP contribution is 2.12. The van der Waals surface area contributed by atoms with Crippen LogP contribution in [0.5, 0.6) is 0 Å². The third-order valence-electron chi connectivity index (χ3n) is 5.67. The van der Waals surface area contributed by atoms with Gasteiger partial charge in [-0.1, -0.05) is 64.4 Å². The van der Waals surface area contributed by atoms with Crippen LogP contribution in [0, 0.1) is 11.8 Å². The fourth-order valence-corrected chi connectivity index (χ4v) is 3.33. The molecule has 5 unspecified atom stereocenters. The van der Waals surface area contributed by atoms with E-state index in [4.69, 9.17) is 10.8 Å². The highest BCUT2D eigenvalue weighted by atomic mass is 16.4. The minimum absolute atomic E-state index is 0.0632. The van der Waals surface area contributed by atoms with Gasteiger partial charge in [-0.05, 0) is 17.4 Å². The average molecular weight is 493 g/mol. The molecule has 11 heteroatoms. The van der Waals surface area contributed by atoms with E-state index in [1.165, 1.54) is 0 Å². The third kappa shape index (κ3) is 9.73. The molecular formula is C24H36N4O7. The first-order chi connectivity index (χ1) is 16.4. The van der Waals surface area contributed by atoms with E-state index < -0.39 is 66.2 Å². The maximum absolute atomic E-state index is 13.1. The molecule has 7 N–H and O–H groups in total. The minimum atomic E-state index is -1.34. The predicted octanol–water partition coefficient (Wildman–Crippen LogP) is 0.272. The summed E-state index contributed by atoms with van der Waals surface area (Å²) in [5, 5.41) is 26.0. The zero-order chi connectivity index (χ0) is 26.7. The van der Waals surface area contributed by atoms with Crippen LogP contribution in [0.1, 0.15) is 46.1 Å². The second kappa shape index (κ2) is 14.1. The summed E-state index contributed by atoms with van der Waals surface area (Å²) in [5.74, 6) is -5.34. The number of carboxylic acids is 2. The molecule has 0 aromatic heterocycles. The van der Waals surface area contributed by atoms with Gasteiger partial charge >= 0.3 is 11.9 Å². The molecule has 1 rings (SSSR count). The van der Waals surface area contributed by atoms with Gasteiger partial charge in [-0.15, -0.1) is 0 Å². The molecular weight excluding hydrogens is 456 g/mol. The van der Waals surface area contributed by atoms with E-state index in [9.17, 15) is 29.1 Å². The molecule has 0 fully saturated rings. The standard InChI is InChI=1S/C24H36N4O7/c1-5-14(4)20(28-21(31)16(25)12-18(29)30)23(33)27-19(13(2)3)22(32)26-17(24(34)35)11-15-9-7-6-8-10-15/h6-10,13-14,16-17,19-20H,5,11-12,25H2,1-4H3,(H,26,32)(H,27,33)(H,28,31)(H,29,30)(H,34,35). The second-order valence-corrected chi connectivity index (χ2v) is 8.90. The number of hydrogen-bond donors (Lipinski definition) is 6. The number of nitrogens with two attached hydrogens (primary N) is 1. The van der Waals surface area contributed by atoms with Crippen molar-refractivity contribution in [1.82, 2.24) is 16.0 Å². The molecule has 0 bridgehead atoms. The monoisotopic (exact) mass is 492 g/mol. The highest BCUT2D eigenvalue weighted by molar-refractivity contribution is 5.95. The Morgan fingerprint density at radius 1 is 0.857 bits per heavy atom. The Hall–Kier alpha value is -3.47. The SMILES string of the molecule is CCC(C)C(NC(=O)C(N)CC(=O)O)C(=O)NC(C(=O)NC(Cc1ccccc1)C(=O)O)C(C)C. The van der Waals surface area contributed by atoms with Crippen molar-refractivity contribution in [3.8, 4) is 0 Å². The van der Waals surface area contributed by atoms with E-state index in [1.54, 1.807) is 51.1 Å². The molecule has 194 valence electrons. The molecule has 0 aliphatic carbocycles. The molecule has 3 amide bonds. The van der Waals surface area contributed by atoms with Crippen LogP contribution in [0.15, 0.2) is 30.3 Å². The smallest absolute Gasteiger partial charge is 0.326 e. The maximum Gasteiger partial charge on any atom is 0.326 e. The van der Waals surface area contributed by atoms with E-state index in [2.05, 4.69) is 16.0 Å². The maximum atomic E-state index is 13.1. The number of rotatable bonds is 14. The molecule has 0 heterocycles. The first kappa shape index (κ1) is 29.6. The van der Waals surface area contributed by atoms with Crippen molar-refractivity contribution in [3.63, 3.8) is 0 Å². The first-order valence-electron chi connectivity index (χ1n) is 11.5. The van der Waals surface area contributed by atoms with Gasteiger partial charge in [0.25, 0.3) is 0 Å². The van der Waals surface area contributed by atoms with Crippen LogP contribution in [0.25, 0.3) is 0 Å². The molecule has 0 saturated heterocycles. The number of amides is 3. The number of benzene rings is 1. The topological polar surface area (TPSA) is 188 Å². The largest absolute Gasteiger partial charge is 0.481 e. The van der Waals surface area contributed by atoms with Crippen molar-refractivity contribution in [2.75, 3.05) is 0 Å². The van der Waals surface area contributed by atoms with Crippen molar-refractivity contribution in [3.05, 3.63) is 35.9 Å². The molecule has 11 nitrogen and oxygen atoms in total. The lowest BCUT2D eigenvalue weighted by Gasteiger charge is -2.29. The fourth-order valence-electron chi connectivity index (χ4n) is 3.33. The lowest BCUT2D eigenvalue weighted by molar-refractivity contribution is -0.142. The van der Waals surface area contributed by atoms with Crippen molar-refractivity contribution in [2.24, 2.45) is 17.6 Å². The summed E-state index contributed by atoms with van der Waals surface area (Å²) in [7, 11) is 0. The Labute approximate surface area is 204 Å². The van der Waals surface area contributed by atoms with Gasteiger partial charge in [-0.3, -0.25) is 19.2 Å². The first-order valence-corrected chi connectivity index (χ1v) is 11.5. The average Bonchev–Trinajstić information content (AvgIpc) is 2.79. The molecule has 5 atom stereocenters. The molecule has 1 aromatic carbocycles. The van der Waals surface area contributed by atoms with E-state index in [0.717, 1.165) is 5.56 Å². The van der Waals surface area contributed by atoms with Crippen LogP contribution >= 0.6 is 0 Å². The molecule has 0 radical (unpaired) electrons. The Morgan fingerprint density at radius 2 is 1.40 bits per heavy atom. The normalized spacial score (nSPS) is 15.3. The summed E-state index contributed by atoms with van der Waals surface area (Å²) in [6.07, 6.45) is -0.0351. The van der Waals surface area contributed by atoms with Crippen molar-refractivity contribution >= 4 is 29.7 Å². The second-order valence-electron chi connectivity index (χ2n) is 8.90. The summed E-state index contributed by atoms with van der Waals surface area (Å²) < 4.78 is 0. The zero-order valence-corrected chi connectivity index (χ0v) is 20.5. The van der Waals surface area contributed by atoms with Gasteiger partial charge in [0.2, 0.25) is 17.7 Å². The predicted molar refractivity (Wildman–Crippen MR) is 128 cm³/mol. The van der Waals surface area contributed by atoms with Crippen LogP contribution in [-0.2, 0) is 30.4 Å². The molecule has 1 aromatic rings. The summed E-state index contributed by atoms with van der Waals surface area (Å²) >= 11 is 0. The summed E-state index contributed by atoms with van der Waals surface area (Å²) in [4.78, 5) is 61.0. The van der Waals surface area contributed by atoms with Crippen LogP contribution in [0.3, 0.4) is 0 Å². The lowest BCUT2D eigenvalue weighted by atomic mass is 9.95. The van der Waals surface area contributed by atoms with Gasteiger partial charge < -0.3 is 31.9 Å². The summed E-state index contributed by atoms with van der Waals surface area (Å²) in [5.41, 5.74) is 6.33. The van der Waals surface area contributed by atoms with Crippen molar-refractivity contribution < 1.29 is 34.2 Å². The molecule has 0 spiro atoms. The molecule has 0 aliphatic rings. The summed E-state index contributed by atoms with van der Waals surface area (Å²) in [6.45, 7) is 6.91. The number of nitrogens with one attached hydrogen (secondary N) is 3. The number of hydrogen-bond acceptors (Lipinski definition) is 6. The van der Waals surface area contributed by atoms with Crippen molar-refractivity contribution in [2.45, 2.75) is 71.1 Å². The van der Waals surface area contributed by atoms with E-state index in [-0.39, 0.29) is 12.3 Å². The number of carbonyl (C=O) groups excluding carboxylic acids is 3. The van der Waals surface area contributed by atoms with Gasteiger partial charge in [0, 0.05) is 6.42 Å². The van der Waals surface area contributed by atoms with Gasteiger partial charge in [-0.2, -0.15) is 0 Å². The van der Waals surface area contributed by atoms with E-state index in [1.807, 2.05) is 6.92 Å². The van der Waals surface area contributed by atoms with Crippen LogP contribution in [0.4, 0.5) is 0 Å². The van der Waals surface area contributed by atoms with Gasteiger partial charge in [0.15, 0.2) is 0 Å². The van der Waals surface area contributed by atoms with Crippen LogP contribution < -0.4 is 21.7 Å². The fraction of sp³-hybridized carbons (Fsp3) is 0.542. The number of carbonyl (C=O) groups is 5. The highest BCUT2D eigenvalue weighted by Gasteiger charge is 2.34. The zero-order valence-electron chi connectivity index (χ0n) is 20.5. The molecule has 0 saturated carbocycles. The van der Waals surface area contributed by atoms with Crippen LogP contribution in [0.2, 0.25) is 0 Å². The summed E-state index contributed by atoms with van der Waals surface area (Å²) in [6, 6.07) is 4.13. The number of aliphatic carboxylic acids is 2. The van der Waals surface area contributed by atoms with Crippen molar-refractivity contribution in [1.29, 1.82) is 0 Å². The Bertz CT molecular complexity index is 891. The van der Waals surface area contributed by atoms with E-state index >= 15 is 0 Å². The van der Waals surface area contributed by atoms with Gasteiger partial charge in [0.1, 0.15) is 18.1 Å². The van der Waals surface area contributed by atoms with E-state index in [0.29, 0.717) is 6.42 Å².